The number of hydrogen-bond acceptors (Lipinski definition) is 2. The van der Waals surface area contributed by atoms with E-state index < -0.39 is 0 Å². The molecule has 0 saturated heterocycles. The maximum atomic E-state index is 6.35. The largest absolute Gasteiger partial charge is 0.317 e. The summed E-state index contributed by atoms with van der Waals surface area (Å²) in [5.74, 6) is 0.948. The van der Waals surface area contributed by atoms with Gasteiger partial charge in [0, 0.05) is 19.5 Å². The van der Waals surface area contributed by atoms with Gasteiger partial charge >= 0.3 is 0 Å². The Morgan fingerprint density at radius 2 is 2.05 bits per heavy atom. The number of aryl methyl sites for hydroxylation is 2. The van der Waals surface area contributed by atoms with E-state index in [0.717, 1.165) is 28.7 Å². The first-order valence-electron chi connectivity index (χ1n) is 7.97. The lowest BCUT2D eigenvalue weighted by atomic mass is 9.85. The van der Waals surface area contributed by atoms with Gasteiger partial charge in [-0.1, -0.05) is 43.7 Å². The van der Waals surface area contributed by atoms with E-state index in [4.69, 9.17) is 11.6 Å². The molecule has 0 aromatic carbocycles. The van der Waals surface area contributed by atoms with E-state index in [1.54, 1.807) is 0 Å². The van der Waals surface area contributed by atoms with Gasteiger partial charge in [0.2, 0.25) is 0 Å². The summed E-state index contributed by atoms with van der Waals surface area (Å²) in [5, 5.41) is 8.70. The Kier molecular flexibility index (Phi) is 5.91. The van der Waals surface area contributed by atoms with E-state index in [9.17, 15) is 0 Å². The van der Waals surface area contributed by atoms with Crippen LogP contribution in [0.3, 0.4) is 0 Å². The normalized spacial score (nSPS) is 18.4. The molecule has 1 unspecified atom stereocenters. The number of likely N-dealkylation sites (N-methyl/N-ethyl adjacent to an activating group) is 1. The van der Waals surface area contributed by atoms with Crippen LogP contribution in [0.25, 0.3) is 0 Å². The van der Waals surface area contributed by atoms with E-state index in [1.807, 2.05) is 18.7 Å². The second kappa shape index (κ2) is 7.46. The zero-order chi connectivity index (χ0) is 14.5. The zero-order valence-electron chi connectivity index (χ0n) is 13.1. The van der Waals surface area contributed by atoms with Crippen molar-refractivity contribution in [1.82, 2.24) is 15.1 Å². The number of hydrogen-bond donors (Lipinski definition) is 1. The zero-order valence-corrected chi connectivity index (χ0v) is 13.8. The number of aromatic nitrogens is 2. The van der Waals surface area contributed by atoms with Crippen molar-refractivity contribution in [3.05, 3.63) is 16.4 Å². The van der Waals surface area contributed by atoms with Crippen LogP contribution in [0.5, 0.6) is 0 Å². The first-order valence-corrected chi connectivity index (χ1v) is 8.34. The Bertz CT molecular complexity index is 422. The van der Waals surface area contributed by atoms with Crippen LogP contribution in [0.1, 0.15) is 56.3 Å². The van der Waals surface area contributed by atoms with Crippen molar-refractivity contribution in [3.63, 3.8) is 0 Å². The first kappa shape index (κ1) is 15.8. The third-order valence-electron chi connectivity index (χ3n) is 4.76. The number of rotatable bonds is 6. The summed E-state index contributed by atoms with van der Waals surface area (Å²) in [6.45, 7) is 1.97. The third kappa shape index (κ3) is 3.98. The van der Waals surface area contributed by atoms with E-state index >= 15 is 0 Å². The van der Waals surface area contributed by atoms with Crippen LogP contribution in [-0.4, -0.2) is 22.9 Å². The predicted octanol–water partition coefficient (Wildman–Crippen LogP) is 3.87. The fourth-order valence-corrected chi connectivity index (χ4v) is 3.63. The van der Waals surface area contributed by atoms with Crippen molar-refractivity contribution in [2.24, 2.45) is 13.0 Å². The quantitative estimate of drug-likeness (QED) is 0.864. The van der Waals surface area contributed by atoms with Crippen molar-refractivity contribution in [2.75, 3.05) is 7.05 Å². The Hall–Kier alpha value is -0.540. The fourth-order valence-electron chi connectivity index (χ4n) is 3.40. The van der Waals surface area contributed by atoms with Crippen LogP contribution in [-0.2, 0) is 13.5 Å². The van der Waals surface area contributed by atoms with Crippen molar-refractivity contribution < 1.29 is 0 Å². The second-order valence-electron chi connectivity index (χ2n) is 6.24. The molecule has 2 rings (SSSR count). The first-order chi connectivity index (χ1) is 9.61. The molecule has 1 saturated carbocycles. The number of nitrogens with one attached hydrogen (secondary N) is 1. The van der Waals surface area contributed by atoms with E-state index in [-0.39, 0.29) is 0 Å². The van der Waals surface area contributed by atoms with Gasteiger partial charge in [0.05, 0.1) is 16.4 Å². The summed E-state index contributed by atoms with van der Waals surface area (Å²) in [6.07, 6.45) is 10.7. The molecule has 114 valence electrons. The van der Waals surface area contributed by atoms with Gasteiger partial charge < -0.3 is 5.32 Å². The van der Waals surface area contributed by atoms with Crippen molar-refractivity contribution >= 4 is 11.6 Å². The molecule has 4 heteroatoms. The molecule has 0 spiro atoms. The predicted molar refractivity (Wildman–Crippen MR) is 85.3 cm³/mol. The summed E-state index contributed by atoms with van der Waals surface area (Å²) < 4.78 is 1.93. The summed E-state index contributed by atoms with van der Waals surface area (Å²) >= 11 is 6.35. The minimum absolute atomic E-state index is 0.504. The molecule has 1 aromatic rings. The molecule has 1 atom stereocenters. The molecule has 0 aliphatic heterocycles. The highest BCUT2D eigenvalue weighted by Crippen LogP contribution is 2.28. The molecule has 1 fully saturated rings. The molecular weight excluding hydrogens is 270 g/mol. The van der Waals surface area contributed by atoms with E-state index in [2.05, 4.69) is 17.5 Å². The molecule has 20 heavy (non-hydrogen) atoms. The molecule has 3 nitrogen and oxygen atoms in total. The maximum Gasteiger partial charge on any atom is 0.0847 e. The van der Waals surface area contributed by atoms with Crippen LogP contribution in [0, 0.1) is 12.8 Å². The minimum atomic E-state index is 0.504. The van der Waals surface area contributed by atoms with Gasteiger partial charge in [-0.15, -0.1) is 0 Å². The summed E-state index contributed by atoms with van der Waals surface area (Å²) in [7, 11) is 4.05. The van der Waals surface area contributed by atoms with Crippen LogP contribution < -0.4 is 5.32 Å². The van der Waals surface area contributed by atoms with Crippen molar-refractivity contribution in [3.8, 4) is 0 Å². The van der Waals surface area contributed by atoms with Gasteiger partial charge in [-0.3, -0.25) is 4.68 Å². The molecule has 0 bridgehead atoms. The van der Waals surface area contributed by atoms with Gasteiger partial charge in [0.15, 0.2) is 0 Å². The highest BCUT2D eigenvalue weighted by molar-refractivity contribution is 6.31. The van der Waals surface area contributed by atoms with Gasteiger partial charge in [-0.25, -0.2) is 0 Å². The van der Waals surface area contributed by atoms with Crippen LogP contribution in [0.15, 0.2) is 0 Å². The average molecular weight is 298 g/mol. The van der Waals surface area contributed by atoms with Gasteiger partial charge in [0.25, 0.3) is 0 Å². The molecule has 0 radical (unpaired) electrons. The topological polar surface area (TPSA) is 29.9 Å². The number of halogens is 1. The fraction of sp³-hybridized carbons (Fsp3) is 0.812. The standard InChI is InChI=1S/C16H28ClN3/c1-12-16(17)15(20(3)19-12)11-14(18-2)10-9-13-7-5-4-6-8-13/h13-14,18H,4-11H2,1-3H3. The van der Waals surface area contributed by atoms with Gasteiger partial charge in [-0.2, -0.15) is 5.10 Å². The van der Waals surface area contributed by atoms with E-state index in [0.29, 0.717) is 6.04 Å². The van der Waals surface area contributed by atoms with Gasteiger partial charge in [-0.05, 0) is 32.7 Å². The summed E-state index contributed by atoms with van der Waals surface area (Å²) in [4.78, 5) is 0. The lowest BCUT2D eigenvalue weighted by Crippen LogP contribution is -2.29. The number of nitrogens with zero attached hydrogens (tertiary/aromatic N) is 2. The molecular formula is C16H28ClN3. The second-order valence-corrected chi connectivity index (χ2v) is 6.62. The van der Waals surface area contributed by atoms with Crippen molar-refractivity contribution in [1.29, 1.82) is 0 Å². The Balaban J connectivity index is 1.88. The highest BCUT2D eigenvalue weighted by atomic mass is 35.5. The molecule has 1 aromatic heterocycles. The Labute approximate surface area is 128 Å². The van der Waals surface area contributed by atoms with Crippen LogP contribution >= 0.6 is 11.6 Å². The average Bonchev–Trinajstić information content (AvgIpc) is 2.70. The van der Waals surface area contributed by atoms with Crippen LogP contribution in [0.4, 0.5) is 0 Å². The molecule has 1 aliphatic carbocycles. The lowest BCUT2D eigenvalue weighted by molar-refractivity contribution is 0.315. The van der Waals surface area contributed by atoms with E-state index in [1.165, 1.54) is 44.9 Å². The minimum Gasteiger partial charge on any atom is -0.317 e. The maximum absolute atomic E-state index is 6.35. The van der Waals surface area contributed by atoms with Gasteiger partial charge in [0.1, 0.15) is 0 Å². The molecule has 1 aliphatic rings. The third-order valence-corrected chi connectivity index (χ3v) is 5.25. The summed E-state index contributed by atoms with van der Waals surface area (Å²) in [5.41, 5.74) is 2.10. The SMILES string of the molecule is CNC(CCC1CCCCC1)Cc1c(Cl)c(C)nn1C. The monoisotopic (exact) mass is 297 g/mol. The van der Waals surface area contributed by atoms with Crippen molar-refractivity contribution in [2.45, 2.75) is 64.3 Å². The molecule has 1 N–H and O–H groups in total. The highest BCUT2D eigenvalue weighted by Gasteiger charge is 2.19. The lowest BCUT2D eigenvalue weighted by Gasteiger charge is -2.24. The smallest absolute Gasteiger partial charge is 0.0847 e. The Morgan fingerprint density at radius 3 is 2.60 bits per heavy atom. The molecule has 0 amide bonds. The van der Waals surface area contributed by atoms with Crippen LogP contribution in [0.2, 0.25) is 5.02 Å². The Morgan fingerprint density at radius 1 is 1.35 bits per heavy atom. The molecule has 1 heterocycles. The summed E-state index contributed by atoms with van der Waals surface area (Å²) in [6, 6.07) is 0.504.